The second-order valence-electron chi connectivity index (χ2n) is 2.47. The molecule has 4 nitrogen and oxygen atoms in total. The molecule has 1 fully saturated rings. The molecule has 1 rings (SSSR count). The molecule has 0 bridgehead atoms. The molecule has 2 atom stereocenters. The highest BCUT2D eigenvalue weighted by Gasteiger charge is 2.24. The lowest BCUT2D eigenvalue weighted by Crippen LogP contribution is -3.14. The summed E-state index contributed by atoms with van der Waals surface area (Å²) in [6, 6.07) is 0. The van der Waals surface area contributed by atoms with Crippen LogP contribution in [-0.2, 0) is 0 Å². The second kappa shape index (κ2) is 4.25. The van der Waals surface area contributed by atoms with Crippen molar-refractivity contribution in [1.82, 2.24) is 5.06 Å². The first-order chi connectivity index (χ1) is 4.20. The van der Waals surface area contributed by atoms with E-state index in [9.17, 15) is 0 Å². The monoisotopic (exact) mass is 212 g/mol. The minimum absolute atomic E-state index is 0. The van der Waals surface area contributed by atoms with Crippen molar-refractivity contribution in [3.63, 3.8) is 0 Å². The van der Waals surface area contributed by atoms with E-state index >= 15 is 0 Å². The first-order valence-electron chi connectivity index (χ1n) is 3.16. The van der Waals surface area contributed by atoms with Crippen LogP contribution >= 0.6 is 0 Å². The Morgan fingerprint density at radius 1 is 1.60 bits per heavy atom. The van der Waals surface area contributed by atoms with E-state index < -0.39 is 0 Å². The quantitative estimate of drug-likeness (QED) is 0.408. The average Bonchev–Trinajstić information content (AvgIpc) is 2.14. The van der Waals surface area contributed by atoms with Crippen LogP contribution < -0.4 is 21.9 Å². The van der Waals surface area contributed by atoms with E-state index in [0.717, 1.165) is 11.4 Å². The highest BCUT2D eigenvalue weighted by molar-refractivity contribution is 4.42. The van der Waals surface area contributed by atoms with Crippen molar-refractivity contribution < 1.29 is 32.2 Å². The van der Waals surface area contributed by atoms with Crippen molar-refractivity contribution in [2.24, 2.45) is 0 Å². The van der Waals surface area contributed by atoms with Gasteiger partial charge in [-0.05, 0) is 0 Å². The van der Waals surface area contributed by atoms with E-state index in [0.29, 0.717) is 13.2 Å². The molecule has 5 heteroatoms. The number of aliphatic hydroxyl groups is 1. The number of rotatable bonds is 1. The molecule has 2 unspecified atom stereocenters. The lowest BCUT2D eigenvalue weighted by atomic mass is 10.5. The molecule has 0 aromatic rings. The Kier molecular flexibility index (Phi) is 4.39. The summed E-state index contributed by atoms with van der Waals surface area (Å²) in [6.45, 7) is 3.76. The Morgan fingerprint density at radius 3 is 2.40 bits per heavy atom. The summed E-state index contributed by atoms with van der Waals surface area (Å²) >= 11 is 0. The molecule has 0 aromatic carbocycles. The smallest absolute Gasteiger partial charge is 0.187 e. The Bertz CT molecular complexity index is 102. The van der Waals surface area contributed by atoms with Gasteiger partial charge in [-0.15, -0.1) is 5.06 Å². The molecule has 0 spiro atoms. The summed E-state index contributed by atoms with van der Waals surface area (Å²) in [5, 5.41) is 19.1. The number of hydroxylamine groups is 2. The summed E-state index contributed by atoms with van der Waals surface area (Å²) in [5.41, 5.74) is 0. The number of nitrogens with one attached hydrogen (secondary N) is 1. The summed E-state index contributed by atoms with van der Waals surface area (Å²) in [5.74, 6) is 0. The van der Waals surface area contributed by atoms with Crippen molar-refractivity contribution in [2.45, 2.75) is 13.2 Å². The van der Waals surface area contributed by atoms with E-state index in [1.54, 1.807) is 6.92 Å². The summed E-state index contributed by atoms with van der Waals surface area (Å²) in [4.78, 5) is 1.03. The topological polar surface area (TPSA) is 48.1 Å². The first kappa shape index (κ1) is 10.3. The fourth-order valence-electron chi connectivity index (χ4n) is 1.01. The van der Waals surface area contributed by atoms with Crippen molar-refractivity contribution in [1.29, 1.82) is 0 Å². The lowest BCUT2D eigenvalue weighted by Gasteiger charge is -2.13. The Hall–Kier alpha value is 0.320. The van der Waals surface area contributed by atoms with Gasteiger partial charge in [0.2, 0.25) is 0 Å². The van der Waals surface area contributed by atoms with Gasteiger partial charge < -0.3 is 27.3 Å². The molecule has 0 aliphatic carbocycles. The molecule has 3 N–H and O–H groups in total. The van der Waals surface area contributed by atoms with Gasteiger partial charge in [-0.2, -0.15) is 0 Å². The predicted octanol–water partition coefficient (Wildman–Crippen LogP) is -5.12. The van der Waals surface area contributed by atoms with Crippen LogP contribution in [0, 0.1) is 0 Å². The summed E-state index contributed by atoms with van der Waals surface area (Å²) in [6.07, 6.45) is -0.359. The van der Waals surface area contributed by atoms with Gasteiger partial charge in [0, 0.05) is 6.92 Å². The SMILES string of the molecule is CC(O)[NH+]1CCN(O)C1.[Br-]. The van der Waals surface area contributed by atoms with Crippen LogP contribution in [0.25, 0.3) is 0 Å². The molecule has 1 aliphatic heterocycles. The van der Waals surface area contributed by atoms with E-state index in [1.807, 2.05) is 0 Å². The number of hydrogen-bond acceptors (Lipinski definition) is 3. The van der Waals surface area contributed by atoms with Crippen molar-refractivity contribution >= 4 is 0 Å². The van der Waals surface area contributed by atoms with Gasteiger partial charge in [-0.25, -0.2) is 0 Å². The lowest BCUT2D eigenvalue weighted by molar-refractivity contribution is -0.940. The fourth-order valence-corrected chi connectivity index (χ4v) is 1.01. The standard InChI is InChI=1S/C5H12N2O2.BrH/c1-5(8)6-2-3-7(9)4-6;/h5,8-9H,2-4H2,1H3;1H. The molecule has 62 valence electrons. The summed E-state index contributed by atoms with van der Waals surface area (Å²) in [7, 11) is 0. The van der Waals surface area contributed by atoms with E-state index in [4.69, 9.17) is 10.3 Å². The van der Waals surface area contributed by atoms with Gasteiger partial charge in [0.05, 0.1) is 13.1 Å². The molecular formula is C5H13BrN2O2. The van der Waals surface area contributed by atoms with Crippen LogP contribution in [-0.4, -0.2) is 41.4 Å². The molecule has 0 saturated carbocycles. The maximum atomic E-state index is 9.00. The average molecular weight is 213 g/mol. The number of nitrogens with zero attached hydrogens (tertiary/aromatic N) is 1. The molecule has 1 saturated heterocycles. The summed E-state index contributed by atoms with van der Waals surface area (Å²) < 4.78 is 0. The van der Waals surface area contributed by atoms with Crippen LogP contribution in [0.15, 0.2) is 0 Å². The van der Waals surface area contributed by atoms with Crippen LogP contribution in [0.5, 0.6) is 0 Å². The maximum Gasteiger partial charge on any atom is 0.187 e. The highest BCUT2D eigenvalue weighted by Crippen LogP contribution is 1.80. The van der Waals surface area contributed by atoms with Gasteiger partial charge >= 0.3 is 0 Å². The minimum atomic E-state index is -0.359. The van der Waals surface area contributed by atoms with Crippen LogP contribution in [0.4, 0.5) is 0 Å². The fraction of sp³-hybridized carbons (Fsp3) is 1.00. The van der Waals surface area contributed by atoms with Crippen LogP contribution in [0.2, 0.25) is 0 Å². The molecule has 1 heterocycles. The predicted molar refractivity (Wildman–Crippen MR) is 30.9 cm³/mol. The zero-order chi connectivity index (χ0) is 6.85. The number of halogens is 1. The second-order valence-corrected chi connectivity index (χ2v) is 2.47. The molecule has 1 aliphatic rings. The largest absolute Gasteiger partial charge is 1.00 e. The molecule has 10 heavy (non-hydrogen) atoms. The normalized spacial score (nSPS) is 29.7. The number of quaternary nitrogens is 1. The Balaban J connectivity index is 0.000000810. The number of aliphatic hydroxyl groups excluding tert-OH is 1. The third-order valence-electron chi connectivity index (χ3n) is 1.67. The molecule has 0 aromatic heterocycles. The Morgan fingerprint density at radius 2 is 2.20 bits per heavy atom. The third kappa shape index (κ3) is 2.51. The first-order valence-corrected chi connectivity index (χ1v) is 3.16. The van der Waals surface area contributed by atoms with Gasteiger partial charge in [0.1, 0.15) is 0 Å². The van der Waals surface area contributed by atoms with Gasteiger partial charge in [0.25, 0.3) is 0 Å². The zero-order valence-corrected chi connectivity index (χ0v) is 7.50. The van der Waals surface area contributed by atoms with E-state index in [-0.39, 0.29) is 23.2 Å². The van der Waals surface area contributed by atoms with Gasteiger partial charge in [-0.1, -0.05) is 0 Å². The van der Waals surface area contributed by atoms with Crippen molar-refractivity contribution in [2.75, 3.05) is 19.8 Å². The molecular weight excluding hydrogens is 200 g/mol. The van der Waals surface area contributed by atoms with Gasteiger partial charge in [0.15, 0.2) is 12.9 Å². The van der Waals surface area contributed by atoms with Crippen molar-refractivity contribution in [3.05, 3.63) is 0 Å². The molecule has 0 amide bonds. The number of hydrogen-bond donors (Lipinski definition) is 3. The third-order valence-corrected chi connectivity index (χ3v) is 1.67. The highest BCUT2D eigenvalue weighted by atomic mass is 79.9. The molecule has 0 radical (unpaired) electrons. The van der Waals surface area contributed by atoms with Crippen LogP contribution in [0.3, 0.4) is 0 Å². The van der Waals surface area contributed by atoms with E-state index in [2.05, 4.69) is 0 Å². The van der Waals surface area contributed by atoms with Crippen LogP contribution in [0.1, 0.15) is 6.92 Å². The van der Waals surface area contributed by atoms with E-state index in [1.165, 1.54) is 5.06 Å². The Labute approximate surface area is 70.8 Å². The maximum absolute atomic E-state index is 9.00. The minimum Gasteiger partial charge on any atom is -1.00 e. The van der Waals surface area contributed by atoms with Gasteiger partial charge in [-0.3, -0.25) is 4.90 Å². The van der Waals surface area contributed by atoms with Crippen molar-refractivity contribution in [3.8, 4) is 0 Å². The zero-order valence-electron chi connectivity index (χ0n) is 5.92.